The molecule has 1 N–H and O–H groups in total. The Morgan fingerprint density at radius 3 is 2.44 bits per heavy atom. The van der Waals surface area contributed by atoms with Crippen molar-refractivity contribution in [3.63, 3.8) is 0 Å². The molecule has 4 aromatic rings. The summed E-state index contributed by atoms with van der Waals surface area (Å²) in [4.78, 5) is 21.7. The summed E-state index contributed by atoms with van der Waals surface area (Å²) in [6, 6.07) is 18.6. The molecule has 1 aliphatic heterocycles. The number of rotatable bonds is 5. The number of anilines is 1. The van der Waals surface area contributed by atoms with Crippen molar-refractivity contribution in [3.05, 3.63) is 114 Å². The van der Waals surface area contributed by atoms with E-state index in [-0.39, 0.29) is 17.9 Å². The first-order chi connectivity index (χ1) is 17.2. The summed E-state index contributed by atoms with van der Waals surface area (Å²) in [6.45, 7) is 0. The Kier molecular flexibility index (Phi) is 5.95. The molecule has 4 aromatic carbocycles. The molecule has 0 fully saturated rings. The number of halogens is 2. The topological polar surface area (TPSA) is 122 Å². The molecule has 1 aliphatic rings. The second kappa shape index (κ2) is 9.10. The molecule has 0 aromatic heterocycles. The lowest BCUT2D eigenvalue weighted by atomic mass is 9.95. The Hall–Kier alpha value is -4.21. The minimum atomic E-state index is -0.698. The number of hydrogen-bond donors (Lipinski definition) is 1. The average Bonchev–Trinajstić information content (AvgIpc) is 3.28. The SMILES string of the molecule is O=[N+]([O-])c1ccc(N2N=C(c3ccc4ccccc4c3O)C[C@@H]2c2ccc(Cl)cc2Cl)c([N+](=O)[O-])c1. The maximum absolute atomic E-state index is 11.9. The summed E-state index contributed by atoms with van der Waals surface area (Å²) in [5.74, 6) is 0.0350. The van der Waals surface area contributed by atoms with Gasteiger partial charge in [-0.25, -0.2) is 0 Å². The number of non-ortho nitro benzene ring substituents is 1. The van der Waals surface area contributed by atoms with Crippen molar-refractivity contribution in [3.8, 4) is 5.75 Å². The lowest BCUT2D eigenvalue weighted by molar-refractivity contribution is -0.393. The molecule has 0 saturated heterocycles. The van der Waals surface area contributed by atoms with Gasteiger partial charge in [0.2, 0.25) is 0 Å². The summed E-state index contributed by atoms with van der Waals surface area (Å²) in [7, 11) is 0. The van der Waals surface area contributed by atoms with Crippen LogP contribution in [0.15, 0.2) is 77.9 Å². The van der Waals surface area contributed by atoms with Crippen molar-refractivity contribution in [1.29, 1.82) is 0 Å². The molecule has 180 valence electrons. The van der Waals surface area contributed by atoms with Crippen LogP contribution in [0.5, 0.6) is 5.75 Å². The van der Waals surface area contributed by atoms with Crippen LogP contribution in [0.4, 0.5) is 17.1 Å². The molecule has 0 bridgehead atoms. The van der Waals surface area contributed by atoms with Crippen molar-refractivity contribution in [2.75, 3.05) is 5.01 Å². The fraction of sp³-hybridized carbons (Fsp3) is 0.0800. The standard InChI is InChI=1S/C25H16Cl2N4O5/c26-15-6-9-18(20(27)11-15)23-13-21(19-8-5-14-3-1-2-4-17(14)25(19)32)28-29(23)22-10-7-16(30(33)34)12-24(22)31(35)36/h1-12,23,32H,13H2/t23-/m1/s1. The monoisotopic (exact) mass is 522 g/mol. The zero-order chi connectivity index (χ0) is 25.6. The number of hydrogen-bond acceptors (Lipinski definition) is 7. The fourth-order valence-corrected chi connectivity index (χ4v) is 4.90. The Labute approximate surface area is 214 Å². The van der Waals surface area contributed by atoms with E-state index in [0.29, 0.717) is 32.3 Å². The zero-order valence-electron chi connectivity index (χ0n) is 18.3. The molecule has 0 radical (unpaired) electrons. The van der Waals surface area contributed by atoms with E-state index in [4.69, 9.17) is 23.2 Å². The van der Waals surface area contributed by atoms with Crippen LogP contribution in [-0.2, 0) is 0 Å². The highest BCUT2D eigenvalue weighted by molar-refractivity contribution is 6.35. The number of nitro groups is 2. The largest absolute Gasteiger partial charge is 0.507 e. The van der Waals surface area contributed by atoms with Gasteiger partial charge in [-0.15, -0.1) is 0 Å². The normalized spacial score (nSPS) is 15.2. The summed E-state index contributed by atoms with van der Waals surface area (Å²) < 4.78 is 0. The predicted molar refractivity (Wildman–Crippen MR) is 138 cm³/mol. The molecule has 1 atom stereocenters. The molecular weight excluding hydrogens is 507 g/mol. The van der Waals surface area contributed by atoms with Gasteiger partial charge in [0.25, 0.3) is 5.69 Å². The minimum Gasteiger partial charge on any atom is -0.507 e. The second-order valence-electron chi connectivity index (χ2n) is 8.15. The zero-order valence-corrected chi connectivity index (χ0v) is 19.8. The maximum Gasteiger partial charge on any atom is 0.301 e. The van der Waals surface area contributed by atoms with Gasteiger partial charge in [0.15, 0.2) is 0 Å². The highest BCUT2D eigenvalue weighted by Gasteiger charge is 2.36. The van der Waals surface area contributed by atoms with Gasteiger partial charge in [0.05, 0.1) is 27.7 Å². The highest BCUT2D eigenvalue weighted by atomic mass is 35.5. The first kappa shape index (κ1) is 23.5. The predicted octanol–water partition coefficient (Wildman–Crippen LogP) is 7.02. The first-order valence-corrected chi connectivity index (χ1v) is 11.5. The van der Waals surface area contributed by atoms with Crippen LogP contribution < -0.4 is 5.01 Å². The van der Waals surface area contributed by atoms with Crippen LogP contribution in [0.3, 0.4) is 0 Å². The molecule has 0 spiro atoms. The highest BCUT2D eigenvalue weighted by Crippen LogP contribution is 2.45. The van der Waals surface area contributed by atoms with E-state index in [1.165, 1.54) is 17.1 Å². The van der Waals surface area contributed by atoms with Crippen molar-refractivity contribution in [1.82, 2.24) is 0 Å². The number of hydrazone groups is 1. The van der Waals surface area contributed by atoms with Gasteiger partial charge in [-0.2, -0.15) is 5.10 Å². The Morgan fingerprint density at radius 1 is 0.944 bits per heavy atom. The van der Waals surface area contributed by atoms with Crippen molar-refractivity contribution in [2.24, 2.45) is 5.10 Å². The number of phenolic OH excluding ortho intramolecular Hbond substituents is 1. The molecule has 0 unspecified atom stereocenters. The van der Waals surface area contributed by atoms with E-state index in [2.05, 4.69) is 5.10 Å². The van der Waals surface area contributed by atoms with Crippen molar-refractivity contribution in [2.45, 2.75) is 12.5 Å². The van der Waals surface area contributed by atoms with Crippen molar-refractivity contribution >= 4 is 56.7 Å². The molecule has 11 heteroatoms. The Balaban J connectivity index is 1.69. The van der Waals surface area contributed by atoms with Gasteiger partial charge in [0, 0.05) is 33.5 Å². The van der Waals surface area contributed by atoms with Crippen LogP contribution >= 0.6 is 23.2 Å². The molecule has 1 heterocycles. The van der Waals surface area contributed by atoms with Gasteiger partial charge in [-0.1, -0.05) is 59.6 Å². The maximum atomic E-state index is 11.9. The molecule has 36 heavy (non-hydrogen) atoms. The van der Waals surface area contributed by atoms with Crippen LogP contribution in [0.2, 0.25) is 10.0 Å². The summed E-state index contributed by atoms with van der Waals surface area (Å²) in [5.41, 5.74) is 0.705. The van der Waals surface area contributed by atoms with Crippen LogP contribution in [-0.4, -0.2) is 20.7 Å². The number of nitrogens with zero attached hydrogens (tertiary/aromatic N) is 4. The van der Waals surface area contributed by atoms with E-state index in [1.807, 2.05) is 24.3 Å². The lowest BCUT2D eigenvalue weighted by Gasteiger charge is -2.24. The third-order valence-electron chi connectivity index (χ3n) is 6.06. The lowest BCUT2D eigenvalue weighted by Crippen LogP contribution is -2.20. The quantitative estimate of drug-likeness (QED) is 0.222. The molecule has 0 aliphatic carbocycles. The summed E-state index contributed by atoms with van der Waals surface area (Å²) in [6.07, 6.45) is 0.251. The first-order valence-electron chi connectivity index (χ1n) is 10.7. The number of nitro benzene ring substituents is 2. The van der Waals surface area contributed by atoms with E-state index < -0.39 is 27.3 Å². The van der Waals surface area contributed by atoms with E-state index >= 15 is 0 Å². The van der Waals surface area contributed by atoms with Gasteiger partial charge < -0.3 is 5.11 Å². The van der Waals surface area contributed by atoms with Gasteiger partial charge in [-0.05, 0) is 35.2 Å². The van der Waals surface area contributed by atoms with Crippen molar-refractivity contribution < 1.29 is 15.0 Å². The molecule has 9 nitrogen and oxygen atoms in total. The molecular formula is C25H16Cl2N4O5. The second-order valence-corrected chi connectivity index (χ2v) is 8.99. The molecule has 0 amide bonds. The minimum absolute atomic E-state index is 0.0350. The van der Waals surface area contributed by atoms with Crippen LogP contribution in [0, 0.1) is 20.2 Å². The average molecular weight is 523 g/mol. The van der Waals surface area contributed by atoms with Crippen LogP contribution in [0.25, 0.3) is 10.8 Å². The molecule has 5 rings (SSSR count). The third-order valence-corrected chi connectivity index (χ3v) is 6.62. The van der Waals surface area contributed by atoms with Crippen LogP contribution in [0.1, 0.15) is 23.6 Å². The smallest absolute Gasteiger partial charge is 0.301 e. The number of phenols is 1. The number of fused-ring (bicyclic) bond motifs is 1. The van der Waals surface area contributed by atoms with E-state index in [1.54, 1.807) is 30.3 Å². The summed E-state index contributed by atoms with van der Waals surface area (Å²) in [5, 5.41) is 42.5. The Bertz CT molecular complexity index is 1590. The number of benzene rings is 4. The summed E-state index contributed by atoms with van der Waals surface area (Å²) >= 11 is 12.6. The number of aromatic hydroxyl groups is 1. The van der Waals surface area contributed by atoms with E-state index in [9.17, 15) is 25.3 Å². The molecule has 0 saturated carbocycles. The van der Waals surface area contributed by atoms with E-state index in [0.717, 1.165) is 11.5 Å². The third kappa shape index (κ3) is 4.08. The fourth-order valence-electron chi connectivity index (χ4n) is 4.36. The Morgan fingerprint density at radius 2 is 1.72 bits per heavy atom. The van der Waals surface area contributed by atoms with Gasteiger partial charge in [0.1, 0.15) is 11.4 Å². The van der Waals surface area contributed by atoms with Gasteiger partial charge >= 0.3 is 5.69 Å². The van der Waals surface area contributed by atoms with Gasteiger partial charge in [-0.3, -0.25) is 25.2 Å².